The summed E-state index contributed by atoms with van der Waals surface area (Å²) in [5.74, 6) is -0.295. The molecule has 19 heavy (non-hydrogen) atoms. The Morgan fingerprint density at radius 2 is 2.16 bits per heavy atom. The Balaban J connectivity index is 2.13. The van der Waals surface area contributed by atoms with Crippen molar-refractivity contribution in [1.29, 1.82) is 0 Å². The Labute approximate surface area is 114 Å². The van der Waals surface area contributed by atoms with Gasteiger partial charge in [0.1, 0.15) is 0 Å². The second-order valence-electron chi connectivity index (χ2n) is 5.68. The van der Waals surface area contributed by atoms with E-state index in [0.717, 1.165) is 25.1 Å². The molecule has 0 aliphatic carbocycles. The molecule has 4 nitrogen and oxygen atoms in total. The van der Waals surface area contributed by atoms with E-state index in [0.29, 0.717) is 11.6 Å². The number of rotatable bonds is 3. The van der Waals surface area contributed by atoms with Crippen molar-refractivity contribution >= 4 is 11.7 Å². The normalized spacial score (nSPS) is 21.7. The molecule has 104 valence electrons. The first kappa shape index (κ1) is 13.9. The van der Waals surface area contributed by atoms with Crippen molar-refractivity contribution in [3.05, 3.63) is 29.8 Å². The average molecular weight is 262 g/mol. The van der Waals surface area contributed by atoms with Gasteiger partial charge in [0.05, 0.1) is 12.7 Å². The number of benzene rings is 1. The predicted molar refractivity (Wildman–Crippen MR) is 76.5 cm³/mol. The average Bonchev–Trinajstić information content (AvgIpc) is 2.37. The van der Waals surface area contributed by atoms with Crippen LogP contribution in [0.25, 0.3) is 0 Å². The molecule has 2 N–H and O–H groups in total. The van der Waals surface area contributed by atoms with Gasteiger partial charge in [0.2, 0.25) is 0 Å². The summed E-state index contributed by atoms with van der Waals surface area (Å²) in [7, 11) is 1.41. The summed E-state index contributed by atoms with van der Waals surface area (Å²) in [4.78, 5) is 11.7. The van der Waals surface area contributed by atoms with E-state index in [1.165, 1.54) is 7.11 Å². The minimum atomic E-state index is -0.295. The fourth-order valence-electron chi connectivity index (χ4n) is 2.62. The Hall–Kier alpha value is -1.55. The smallest absolute Gasteiger partial charge is 0.339 e. The van der Waals surface area contributed by atoms with Crippen molar-refractivity contribution in [2.45, 2.75) is 38.3 Å². The van der Waals surface area contributed by atoms with Gasteiger partial charge in [0.15, 0.2) is 0 Å². The van der Waals surface area contributed by atoms with E-state index in [-0.39, 0.29) is 11.5 Å². The minimum Gasteiger partial charge on any atom is -0.465 e. The number of hydrogen-bond acceptors (Lipinski definition) is 4. The van der Waals surface area contributed by atoms with Crippen LogP contribution in [0.4, 0.5) is 5.69 Å². The monoisotopic (exact) mass is 262 g/mol. The predicted octanol–water partition coefficient (Wildman–Crippen LogP) is 2.42. The van der Waals surface area contributed by atoms with Gasteiger partial charge < -0.3 is 15.4 Å². The highest BCUT2D eigenvalue weighted by atomic mass is 16.5. The number of anilines is 1. The standard InChI is InChI=1S/C15H22N2O2/c1-15(2)10-11(8-9-16-15)17-13-7-5-4-6-12(13)14(18)19-3/h4-7,11,16-17H,8-10H2,1-3H3. The molecule has 1 unspecified atom stereocenters. The highest BCUT2D eigenvalue weighted by Crippen LogP contribution is 2.24. The Morgan fingerprint density at radius 1 is 1.42 bits per heavy atom. The van der Waals surface area contributed by atoms with Crippen molar-refractivity contribution < 1.29 is 9.53 Å². The molecule has 1 fully saturated rings. The summed E-state index contributed by atoms with van der Waals surface area (Å²) in [5, 5.41) is 6.97. The number of para-hydroxylation sites is 1. The first-order chi connectivity index (χ1) is 9.02. The third-order valence-corrected chi connectivity index (χ3v) is 3.55. The molecular formula is C15H22N2O2. The summed E-state index contributed by atoms with van der Waals surface area (Å²) >= 11 is 0. The SMILES string of the molecule is COC(=O)c1ccccc1NC1CCNC(C)(C)C1. The Bertz CT molecular complexity index is 457. The molecule has 1 saturated heterocycles. The lowest BCUT2D eigenvalue weighted by Crippen LogP contribution is -2.50. The maximum atomic E-state index is 11.7. The molecule has 0 bridgehead atoms. The molecule has 1 aromatic rings. The van der Waals surface area contributed by atoms with Crippen LogP contribution in [0.5, 0.6) is 0 Å². The zero-order valence-electron chi connectivity index (χ0n) is 11.8. The number of nitrogens with one attached hydrogen (secondary N) is 2. The topological polar surface area (TPSA) is 50.4 Å². The molecule has 2 rings (SSSR count). The van der Waals surface area contributed by atoms with Gasteiger partial charge in [0.25, 0.3) is 0 Å². The summed E-state index contributed by atoms with van der Waals surface area (Å²) in [6, 6.07) is 7.88. The van der Waals surface area contributed by atoms with Crippen LogP contribution in [0.2, 0.25) is 0 Å². The number of hydrogen-bond donors (Lipinski definition) is 2. The molecule has 1 heterocycles. The van der Waals surface area contributed by atoms with Crippen LogP contribution < -0.4 is 10.6 Å². The van der Waals surface area contributed by atoms with Crippen LogP contribution in [-0.4, -0.2) is 31.2 Å². The Morgan fingerprint density at radius 3 is 2.84 bits per heavy atom. The van der Waals surface area contributed by atoms with Crippen LogP contribution in [0.3, 0.4) is 0 Å². The first-order valence-electron chi connectivity index (χ1n) is 6.71. The first-order valence-corrected chi connectivity index (χ1v) is 6.71. The van der Waals surface area contributed by atoms with Crippen LogP contribution >= 0.6 is 0 Å². The van der Waals surface area contributed by atoms with E-state index in [2.05, 4.69) is 24.5 Å². The molecule has 1 aromatic carbocycles. The maximum absolute atomic E-state index is 11.7. The lowest BCUT2D eigenvalue weighted by atomic mass is 9.89. The molecule has 0 radical (unpaired) electrons. The fourth-order valence-corrected chi connectivity index (χ4v) is 2.62. The molecule has 0 saturated carbocycles. The maximum Gasteiger partial charge on any atom is 0.339 e. The van der Waals surface area contributed by atoms with Gasteiger partial charge in [-0.15, -0.1) is 0 Å². The van der Waals surface area contributed by atoms with Crippen molar-refractivity contribution in [1.82, 2.24) is 5.32 Å². The highest BCUT2D eigenvalue weighted by molar-refractivity contribution is 5.95. The number of piperidine rings is 1. The summed E-state index contributed by atoms with van der Waals surface area (Å²) in [6.07, 6.45) is 2.08. The molecule has 1 atom stereocenters. The van der Waals surface area contributed by atoms with E-state index in [4.69, 9.17) is 4.74 Å². The summed E-state index contributed by atoms with van der Waals surface area (Å²) in [5.41, 5.74) is 1.59. The van der Waals surface area contributed by atoms with E-state index in [1.54, 1.807) is 6.07 Å². The number of carbonyl (C=O) groups excluding carboxylic acids is 1. The molecule has 0 spiro atoms. The van der Waals surface area contributed by atoms with Crippen molar-refractivity contribution in [3.63, 3.8) is 0 Å². The number of methoxy groups -OCH3 is 1. The summed E-state index contributed by atoms with van der Waals surface area (Å²) in [6.45, 7) is 5.39. The summed E-state index contributed by atoms with van der Waals surface area (Å²) < 4.78 is 4.82. The molecule has 0 amide bonds. The molecule has 0 aromatic heterocycles. The third kappa shape index (κ3) is 3.47. The van der Waals surface area contributed by atoms with E-state index < -0.39 is 0 Å². The number of carbonyl (C=O) groups is 1. The molecular weight excluding hydrogens is 240 g/mol. The minimum absolute atomic E-state index is 0.135. The highest BCUT2D eigenvalue weighted by Gasteiger charge is 2.27. The third-order valence-electron chi connectivity index (χ3n) is 3.55. The van der Waals surface area contributed by atoms with E-state index in [1.807, 2.05) is 18.2 Å². The molecule has 4 heteroatoms. The molecule has 1 aliphatic heterocycles. The van der Waals surface area contributed by atoms with E-state index >= 15 is 0 Å². The van der Waals surface area contributed by atoms with Gasteiger partial charge in [-0.05, 0) is 45.4 Å². The van der Waals surface area contributed by atoms with Crippen molar-refractivity contribution in [2.24, 2.45) is 0 Å². The largest absolute Gasteiger partial charge is 0.465 e. The van der Waals surface area contributed by atoms with Crippen LogP contribution in [0, 0.1) is 0 Å². The zero-order valence-corrected chi connectivity index (χ0v) is 11.8. The van der Waals surface area contributed by atoms with Gasteiger partial charge in [0, 0.05) is 17.3 Å². The van der Waals surface area contributed by atoms with Crippen LogP contribution in [-0.2, 0) is 4.74 Å². The van der Waals surface area contributed by atoms with Crippen LogP contribution in [0.15, 0.2) is 24.3 Å². The van der Waals surface area contributed by atoms with E-state index in [9.17, 15) is 4.79 Å². The van der Waals surface area contributed by atoms with Gasteiger partial charge in [-0.25, -0.2) is 4.79 Å². The second-order valence-corrected chi connectivity index (χ2v) is 5.68. The number of ether oxygens (including phenoxy) is 1. The van der Waals surface area contributed by atoms with Gasteiger partial charge in [-0.1, -0.05) is 12.1 Å². The van der Waals surface area contributed by atoms with Crippen molar-refractivity contribution in [3.8, 4) is 0 Å². The van der Waals surface area contributed by atoms with Gasteiger partial charge >= 0.3 is 5.97 Å². The lowest BCUT2D eigenvalue weighted by molar-refractivity contribution is 0.0602. The lowest BCUT2D eigenvalue weighted by Gasteiger charge is -2.37. The van der Waals surface area contributed by atoms with Gasteiger partial charge in [-0.2, -0.15) is 0 Å². The van der Waals surface area contributed by atoms with Gasteiger partial charge in [-0.3, -0.25) is 0 Å². The second kappa shape index (κ2) is 5.61. The number of esters is 1. The molecule has 1 aliphatic rings. The quantitative estimate of drug-likeness (QED) is 0.821. The fraction of sp³-hybridized carbons (Fsp3) is 0.533. The Kier molecular flexibility index (Phi) is 4.10. The van der Waals surface area contributed by atoms with Crippen molar-refractivity contribution in [2.75, 3.05) is 19.0 Å². The zero-order chi connectivity index (χ0) is 13.9. The van der Waals surface area contributed by atoms with Crippen LogP contribution in [0.1, 0.15) is 37.0 Å².